The second-order valence-electron chi connectivity index (χ2n) is 8.62. The molecule has 0 bridgehead atoms. The second-order valence-corrected chi connectivity index (χ2v) is 8.62. The quantitative estimate of drug-likeness (QED) is 0.491. The number of amides is 2. The topological polar surface area (TPSA) is 99.3 Å². The highest BCUT2D eigenvalue weighted by atomic mass is 16.5. The van der Waals surface area contributed by atoms with Crippen molar-refractivity contribution < 1.29 is 14.3 Å². The van der Waals surface area contributed by atoms with Crippen LogP contribution in [0.3, 0.4) is 0 Å². The summed E-state index contributed by atoms with van der Waals surface area (Å²) >= 11 is 0. The summed E-state index contributed by atoms with van der Waals surface area (Å²) in [6, 6.07) is 11.2. The number of H-pyrrole nitrogens is 1. The molecular weight excluding hydrogens is 418 g/mol. The molecule has 2 aromatic heterocycles. The van der Waals surface area contributed by atoms with Crippen molar-refractivity contribution in [2.75, 3.05) is 31.2 Å². The fourth-order valence-electron chi connectivity index (χ4n) is 3.92. The van der Waals surface area contributed by atoms with Gasteiger partial charge in [-0.2, -0.15) is 0 Å². The van der Waals surface area contributed by atoms with Crippen LogP contribution in [0.1, 0.15) is 25.0 Å². The Bertz CT molecular complexity index is 1100. The zero-order valence-electron chi connectivity index (χ0n) is 19.1. The predicted molar refractivity (Wildman–Crippen MR) is 128 cm³/mol. The van der Waals surface area contributed by atoms with Crippen molar-refractivity contribution in [3.8, 4) is 0 Å². The lowest BCUT2D eigenvalue weighted by Gasteiger charge is -2.28. The van der Waals surface area contributed by atoms with Gasteiger partial charge >= 0.3 is 0 Å². The minimum atomic E-state index is -0.667. The molecule has 3 N–H and O–H groups in total. The van der Waals surface area contributed by atoms with Crippen molar-refractivity contribution in [3.05, 3.63) is 59.9 Å². The maximum absolute atomic E-state index is 13.1. The number of pyridine rings is 1. The monoisotopic (exact) mass is 449 g/mol. The van der Waals surface area contributed by atoms with E-state index < -0.39 is 6.04 Å². The van der Waals surface area contributed by atoms with Crippen LogP contribution in [0.4, 0.5) is 5.82 Å². The SMILES string of the molecule is CC(C)C(=O)NC(Cc1c[nH]c2ccccc12)C(=O)NCc1ccnc(N2CCOCC2)c1. The summed E-state index contributed by atoms with van der Waals surface area (Å²) in [5.41, 5.74) is 2.96. The van der Waals surface area contributed by atoms with Gasteiger partial charge < -0.3 is 25.3 Å². The van der Waals surface area contributed by atoms with Gasteiger partial charge in [-0.05, 0) is 29.3 Å². The number of para-hydroxylation sites is 1. The third-order valence-electron chi connectivity index (χ3n) is 5.87. The van der Waals surface area contributed by atoms with E-state index in [0.717, 1.165) is 40.9 Å². The molecule has 33 heavy (non-hydrogen) atoms. The van der Waals surface area contributed by atoms with Crippen LogP contribution in [0.5, 0.6) is 0 Å². The van der Waals surface area contributed by atoms with E-state index in [1.54, 1.807) is 6.20 Å². The number of fused-ring (bicyclic) bond motifs is 1. The highest BCUT2D eigenvalue weighted by Gasteiger charge is 2.23. The number of anilines is 1. The molecule has 0 spiro atoms. The summed E-state index contributed by atoms with van der Waals surface area (Å²) in [6.45, 7) is 6.98. The molecule has 1 aliphatic rings. The van der Waals surface area contributed by atoms with Crippen molar-refractivity contribution in [2.24, 2.45) is 5.92 Å². The molecule has 3 aromatic rings. The molecule has 1 aromatic carbocycles. The maximum atomic E-state index is 13.1. The van der Waals surface area contributed by atoms with Crippen LogP contribution >= 0.6 is 0 Å². The van der Waals surface area contributed by atoms with Gasteiger partial charge in [0.25, 0.3) is 0 Å². The van der Waals surface area contributed by atoms with Crippen molar-refractivity contribution in [1.29, 1.82) is 0 Å². The first-order chi connectivity index (χ1) is 16.0. The molecule has 2 amide bonds. The number of aromatic amines is 1. The first-order valence-electron chi connectivity index (χ1n) is 11.4. The molecule has 1 fully saturated rings. The summed E-state index contributed by atoms with van der Waals surface area (Å²) in [5.74, 6) is 0.320. The minimum absolute atomic E-state index is 0.145. The number of benzene rings is 1. The Balaban J connectivity index is 1.45. The number of carbonyl (C=O) groups is 2. The summed E-state index contributed by atoms with van der Waals surface area (Å²) in [5, 5.41) is 6.97. The van der Waals surface area contributed by atoms with Gasteiger partial charge in [0.2, 0.25) is 11.8 Å². The van der Waals surface area contributed by atoms with E-state index in [0.29, 0.717) is 26.2 Å². The molecular formula is C25H31N5O3. The van der Waals surface area contributed by atoms with Crippen LogP contribution in [0, 0.1) is 5.92 Å². The molecule has 0 aliphatic carbocycles. The Labute approximate surface area is 193 Å². The molecule has 0 radical (unpaired) electrons. The number of nitrogens with zero attached hydrogens (tertiary/aromatic N) is 2. The number of ether oxygens (including phenoxy) is 1. The van der Waals surface area contributed by atoms with E-state index in [2.05, 4.69) is 25.5 Å². The fourth-order valence-corrected chi connectivity index (χ4v) is 3.92. The third-order valence-corrected chi connectivity index (χ3v) is 5.87. The lowest BCUT2D eigenvalue weighted by atomic mass is 10.0. The average Bonchev–Trinajstić information content (AvgIpc) is 3.25. The number of aromatic nitrogens is 2. The van der Waals surface area contributed by atoms with Crippen LogP contribution in [-0.4, -0.2) is 54.1 Å². The van der Waals surface area contributed by atoms with Crippen LogP contribution in [0.15, 0.2) is 48.8 Å². The molecule has 8 heteroatoms. The van der Waals surface area contributed by atoms with Crippen LogP contribution in [-0.2, 0) is 27.3 Å². The van der Waals surface area contributed by atoms with Gasteiger partial charge in [0.05, 0.1) is 13.2 Å². The van der Waals surface area contributed by atoms with Gasteiger partial charge in [0.15, 0.2) is 0 Å². The molecule has 1 aliphatic heterocycles. The third kappa shape index (κ3) is 5.70. The van der Waals surface area contributed by atoms with Crippen LogP contribution < -0.4 is 15.5 Å². The molecule has 0 saturated carbocycles. The zero-order chi connectivity index (χ0) is 23.2. The summed E-state index contributed by atoms with van der Waals surface area (Å²) in [7, 11) is 0. The lowest BCUT2D eigenvalue weighted by molar-refractivity contribution is -0.130. The number of carbonyl (C=O) groups excluding carboxylic acids is 2. The maximum Gasteiger partial charge on any atom is 0.243 e. The first-order valence-corrected chi connectivity index (χ1v) is 11.4. The highest BCUT2D eigenvalue weighted by Crippen LogP contribution is 2.19. The van der Waals surface area contributed by atoms with E-state index in [1.807, 2.05) is 56.4 Å². The molecule has 1 saturated heterocycles. The van der Waals surface area contributed by atoms with Crippen molar-refractivity contribution in [1.82, 2.24) is 20.6 Å². The number of morpholine rings is 1. The Hall–Kier alpha value is -3.39. The van der Waals surface area contributed by atoms with E-state index in [9.17, 15) is 9.59 Å². The number of hydrogen-bond donors (Lipinski definition) is 3. The van der Waals surface area contributed by atoms with E-state index >= 15 is 0 Å². The minimum Gasteiger partial charge on any atom is -0.378 e. The van der Waals surface area contributed by atoms with Gasteiger partial charge in [-0.15, -0.1) is 0 Å². The lowest BCUT2D eigenvalue weighted by Crippen LogP contribution is -2.49. The smallest absolute Gasteiger partial charge is 0.243 e. The van der Waals surface area contributed by atoms with Crippen molar-refractivity contribution in [2.45, 2.75) is 32.9 Å². The summed E-state index contributed by atoms with van der Waals surface area (Å²) in [6.07, 6.45) is 4.07. The Morgan fingerprint density at radius 3 is 2.73 bits per heavy atom. The Kier molecular flexibility index (Phi) is 7.24. The van der Waals surface area contributed by atoms with Crippen molar-refractivity contribution >= 4 is 28.5 Å². The summed E-state index contributed by atoms with van der Waals surface area (Å²) in [4.78, 5) is 35.4. The standard InChI is InChI=1S/C25H31N5O3/c1-17(2)24(31)29-22(14-19-16-27-21-6-4-3-5-20(19)21)25(32)28-15-18-7-8-26-23(13-18)30-9-11-33-12-10-30/h3-8,13,16-17,22,27H,9-12,14-15H2,1-2H3,(H,28,32)(H,29,31). The molecule has 3 heterocycles. The first kappa shape index (κ1) is 22.8. The highest BCUT2D eigenvalue weighted by molar-refractivity contribution is 5.90. The van der Waals surface area contributed by atoms with E-state index in [4.69, 9.17) is 4.74 Å². The van der Waals surface area contributed by atoms with Gasteiger partial charge in [-0.25, -0.2) is 4.98 Å². The van der Waals surface area contributed by atoms with Gasteiger partial charge in [0.1, 0.15) is 11.9 Å². The summed E-state index contributed by atoms with van der Waals surface area (Å²) < 4.78 is 5.41. The average molecular weight is 450 g/mol. The largest absolute Gasteiger partial charge is 0.378 e. The van der Waals surface area contributed by atoms with Gasteiger partial charge in [-0.3, -0.25) is 9.59 Å². The van der Waals surface area contributed by atoms with Gasteiger partial charge in [-0.1, -0.05) is 32.0 Å². The molecule has 1 atom stereocenters. The van der Waals surface area contributed by atoms with Gasteiger partial charge in [0, 0.05) is 55.3 Å². The van der Waals surface area contributed by atoms with Crippen molar-refractivity contribution in [3.63, 3.8) is 0 Å². The predicted octanol–water partition coefficient (Wildman–Crippen LogP) is 2.40. The van der Waals surface area contributed by atoms with Crippen LogP contribution in [0.2, 0.25) is 0 Å². The zero-order valence-corrected chi connectivity index (χ0v) is 19.1. The normalized spacial score (nSPS) is 14.9. The van der Waals surface area contributed by atoms with E-state index in [-0.39, 0.29) is 17.7 Å². The number of rotatable bonds is 8. The molecule has 174 valence electrons. The fraction of sp³-hybridized carbons (Fsp3) is 0.400. The number of nitrogens with one attached hydrogen (secondary N) is 3. The van der Waals surface area contributed by atoms with Crippen LogP contribution in [0.25, 0.3) is 10.9 Å². The Morgan fingerprint density at radius 2 is 1.94 bits per heavy atom. The second kappa shape index (κ2) is 10.5. The molecule has 1 unspecified atom stereocenters. The molecule has 8 nitrogen and oxygen atoms in total. The molecule has 4 rings (SSSR count). The van der Waals surface area contributed by atoms with E-state index in [1.165, 1.54) is 0 Å². The number of hydrogen-bond acceptors (Lipinski definition) is 5. The Morgan fingerprint density at radius 1 is 1.15 bits per heavy atom.